The van der Waals surface area contributed by atoms with E-state index in [0.29, 0.717) is 5.92 Å². The summed E-state index contributed by atoms with van der Waals surface area (Å²) in [6.07, 6.45) is 3.52. The van der Waals surface area contributed by atoms with Crippen molar-refractivity contribution in [1.82, 2.24) is 5.43 Å². The lowest BCUT2D eigenvalue weighted by Crippen LogP contribution is -2.45. The van der Waals surface area contributed by atoms with Gasteiger partial charge < -0.3 is 4.90 Å². The van der Waals surface area contributed by atoms with Crippen LogP contribution in [-0.2, 0) is 6.42 Å². The normalized spacial score (nSPS) is 16.2. The topological polar surface area (TPSA) is 53.6 Å². The molecule has 4 nitrogen and oxygen atoms in total. The van der Waals surface area contributed by atoms with Gasteiger partial charge in [-0.15, -0.1) is 0 Å². The van der Waals surface area contributed by atoms with E-state index in [1.807, 2.05) is 0 Å². The molecule has 0 atom stereocenters. The molecule has 4 heteroatoms. The van der Waals surface area contributed by atoms with E-state index in [2.05, 4.69) is 53.4 Å². The van der Waals surface area contributed by atoms with Crippen LogP contribution >= 0.6 is 0 Å². The predicted molar refractivity (Wildman–Crippen MR) is 81.2 cm³/mol. The Hall–Kier alpha value is -1.55. The van der Waals surface area contributed by atoms with Gasteiger partial charge in [0.2, 0.25) is 5.96 Å². The molecule has 0 aromatic heterocycles. The molecule has 1 aliphatic rings. The summed E-state index contributed by atoms with van der Waals surface area (Å²) in [6, 6.07) is 8.53. The highest BCUT2D eigenvalue weighted by Crippen LogP contribution is 2.25. The number of para-hydroxylation sites is 1. The monoisotopic (exact) mass is 260 g/mol. The summed E-state index contributed by atoms with van der Waals surface area (Å²) in [5.74, 6) is 6.99. The molecule has 1 aliphatic heterocycles. The number of aryl methyl sites for hydroxylation is 1. The molecular weight excluding hydrogens is 236 g/mol. The second-order valence-electron chi connectivity index (χ2n) is 5.44. The molecule has 0 spiro atoms. The van der Waals surface area contributed by atoms with E-state index < -0.39 is 0 Å². The molecule has 0 aliphatic carbocycles. The first kappa shape index (κ1) is 13.9. The zero-order chi connectivity index (χ0) is 13.7. The fourth-order valence-electron chi connectivity index (χ4n) is 2.39. The van der Waals surface area contributed by atoms with Crippen molar-refractivity contribution in [3.8, 4) is 0 Å². The molecule has 0 saturated carbocycles. The minimum atomic E-state index is 0.533. The van der Waals surface area contributed by atoms with Crippen LogP contribution in [0, 0.1) is 5.92 Å². The van der Waals surface area contributed by atoms with E-state index in [1.165, 1.54) is 17.7 Å². The van der Waals surface area contributed by atoms with E-state index in [4.69, 9.17) is 5.84 Å². The number of guanidine groups is 1. The van der Waals surface area contributed by atoms with E-state index in [-0.39, 0.29) is 0 Å². The minimum absolute atomic E-state index is 0.533. The van der Waals surface area contributed by atoms with Crippen molar-refractivity contribution in [3.63, 3.8) is 0 Å². The average Bonchev–Trinajstić information content (AvgIpc) is 2.62. The molecule has 19 heavy (non-hydrogen) atoms. The van der Waals surface area contributed by atoms with Crippen LogP contribution in [0.15, 0.2) is 29.3 Å². The molecular formula is C15H24N4. The number of anilines is 1. The summed E-state index contributed by atoms with van der Waals surface area (Å²) in [6.45, 7) is 6.08. The molecule has 0 bridgehead atoms. The van der Waals surface area contributed by atoms with Gasteiger partial charge in [-0.3, -0.25) is 10.4 Å². The number of fused-ring (bicyclic) bond motifs is 1. The molecule has 3 N–H and O–H groups in total. The first-order chi connectivity index (χ1) is 9.22. The maximum Gasteiger partial charge on any atom is 0.212 e. The number of aliphatic imine (C=N–C) groups is 1. The molecule has 2 rings (SSSR count). The molecule has 0 radical (unpaired) electrons. The number of rotatable bonds is 2. The number of nitrogens with two attached hydrogens (primary N) is 1. The SMILES string of the molecule is CC(C)CN=C(NN)N1CCCCc2ccccc21. The van der Waals surface area contributed by atoms with Crippen molar-refractivity contribution >= 4 is 11.6 Å². The zero-order valence-corrected chi connectivity index (χ0v) is 11.9. The van der Waals surface area contributed by atoms with Gasteiger partial charge in [0.15, 0.2) is 0 Å². The summed E-state index contributed by atoms with van der Waals surface area (Å²) < 4.78 is 0. The Balaban J connectivity index is 2.29. The van der Waals surface area contributed by atoms with Gasteiger partial charge in [-0.05, 0) is 36.8 Å². The van der Waals surface area contributed by atoms with Gasteiger partial charge in [0.05, 0.1) is 0 Å². The van der Waals surface area contributed by atoms with E-state index >= 15 is 0 Å². The summed E-state index contributed by atoms with van der Waals surface area (Å²) in [5, 5.41) is 0. The lowest BCUT2D eigenvalue weighted by Gasteiger charge is -2.26. The van der Waals surface area contributed by atoms with Gasteiger partial charge in [-0.25, -0.2) is 5.84 Å². The van der Waals surface area contributed by atoms with Crippen LogP contribution in [0.2, 0.25) is 0 Å². The highest BCUT2D eigenvalue weighted by Gasteiger charge is 2.18. The zero-order valence-electron chi connectivity index (χ0n) is 11.9. The molecule has 1 aromatic rings. The third-order valence-corrected chi connectivity index (χ3v) is 3.35. The quantitative estimate of drug-likeness (QED) is 0.371. The first-order valence-corrected chi connectivity index (χ1v) is 7.09. The van der Waals surface area contributed by atoms with Crippen molar-refractivity contribution in [2.75, 3.05) is 18.0 Å². The number of nitrogens with one attached hydrogen (secondary N) is 1. The number of hydrazine groups is 1. The van der Waals surface area contributed by atoms with Crippen LogP contribution in [0.4, 0.5) is 5.69 Å². The van der Waals surface area contributed by atoms with E-state index in [0.717, 1.165) is 31.9 Å². The number of hydrogen-bond acceptors (Lipinski definition) is 2. The van der Waals surface area contributed by atoms with Crippen LogP contribution < -0.4 is 16.2 Å². The van der Waals surface area contributed by atoms with Gasteiger partial charge in [0, 0.05) is 18.8 Å². The molecule has 0 fully saturated rings. The standard InChI is InChI=1S/C15H24N4/c1-12(2)11-17-15(18-16)19-10-6-5-8-13-7-3-4-9-14(13)19/h3-4,7,9,12H,5-6,8,10-11,16H2,1-2H3,(H,17,18). The minimum Gasteiger partial charge on any atom is -0.311 e. The summed E-state index contributed by atoms with van der Waals surface area (Å²) in [5.41, 5.74) is 5.39. The van der Waals surface area contributed by atoms with Crippen LogP contribution in [0.1, 0.15) is 32.3 Å². The van der Waals surface area contributed by atoms with Gasteiger partial charge in [-0.1, -0.05) is 32.0 Å². The van der Waals surface area contributed by atoms with Crippen LogP contribution in [0.5, 0.6) is 0 Å². The molecule has 0 unspecified atom stereocenters. The lowest BCUT2D eigenvalue weighted by atomic mass is 10.1. The average molecular weight is 260 g/mol. The third-order valence-electron chi connectivity index (χ3n) is 3.35. The second kappa shape index (κ2) is 6.57. The second-order valence-corrected chi connectivity index (χ2v) is 5.44. The van der Waals surface area contributed by atoms with Crippen molar-refractivity contribution in [2.24, 2.45) is 16.8 Å². The van der Waals surface area contributed by atoms with Gasteiger partial charge in [0.25, 0.3) is 0 Å². The fourth-order valence-corrected chi connectivity index (χ4v) is 2.39. The Labute approximate surface area is 115 Å². The molecule has 0 amide bonds. The van der Waals surface area contributed by atoms with Crippen molar-refractivity contribution in [3.05, 3.63) is 29.8 Å². The van der Waals surface area contributed by atoms with Crippen molar-refractivity contribution < 1.29 is 0 Å². The third kappa shape index (κ3) is 3.47. The number of benzene rings is 1. The number of nitrogens with zero attached hydrogens (tertiary/aromatic N) is 2. The molecule has 104 valence electrons. The molecule has 0 saturated heterocycles. The highest BCUT2D eigenvalue weighted by molar-refractivity contribution is 5.96. The van der Waals surface area contributed by atoms with Crippen LogP contribution in [0.3, 0.4) is 0 Å². The summed E-state index contributed by atoms with van der Waals surface area (Å²) in [7, 11) is 0. The van der Waals surface area contributed by atoms with Gasteiger partial charge in [-0.2, -0.15) is 0 Å². The maximum atomic E-state index is 5.68. The lowest BCUT2D eigenvalue weighted by molar-refractivity contribution is 0.659. The smallest absolute Gasteiger partial charge is 0.212 e. The predicted octanol–water partition coefficient (Wildman–Crippen LogP) is 2.30. The Morgan fingerprint density at radius 3 is 2.89 bits per heavy atom. The largest absolute Gasteiger partial charge is 0.311 e. The maximum absolute atomic E-state index is 5.68. The van der Waals surface area contributed by atoms with E-state index in [1.54, 1.807) is 0 Å². The van der Waals surface area contributed by atoms with Gasteiger partial charge >= 0.3 is 0 Å². The van der Waals surface area contributed by atoms with Crippen molar-refractivity contribution in [1.29, 1.82) is 0 Å². The van der Waals surface area contributed by atoms with Crippen LogP contribution in [0.25, 0.3) is 0 Å². The van der Waals surface area contributed by atoms with Crippen molar-refractivity contribution in [2.45, 2.75) is 33.1 Å². The Kier molecular flexibility index (Phi) is 4.80. The highest BCUT2D eigenvalue weighted by atomic mass is 15.4. The van der Waals surface area contributed by atoms with Gasteiger partial charge in [0.1, 0.15) is 0 Å². The first-order valence-electron chi connectivity index (χ1n) is 7.09. The Morgan fingerprint density at radius 2 is 2.16 bits per heavy atom. The summed E-state index contributed by atoms with van der Waals surface area (Å²) in [4.78, 5) is 6.83. The van der Waals surface area contributed by atoms with E-state index in [9.17, 15) is 0 Å². The summed E-state index contributed by atoms with van der Waals surface area (Å²) >= 11 is 0. The van der Waals surface area contributed by atoms with Crippen LogP contribution in [-0.4, -0.2) is 19.0 Å². The Bertz CT molecular complexity index is 440. The number of hydrogen-bond donors (Lipinski definition) is 2. The Morgan fingerprint density at radius 1 is 1.37 bits per heavy atom. The fraction of sp³-hybridized carbons (Fsp3) is 0.533. The molecule has 1 heterocycles. The molecule has 1 aromatic carbocycles.